The van der Waals surface area contributed by atoms with Crippen LogP contribution in [0.4, 0.5) is 13.2 Å². The zero-order valence-corrected chi connectivity index (χ0v) is 6.40. The van der Waals surface area contributed by atoms with E-state index in [9.17, 15) is 18.0 Å². The van der Waals surface area contributed by atoms with E-state index in [2.05, 4.69) is 0 Å². The zero-order chi connectivity index (χ0) is 9.35. The Morgan fingerprint density at radius 3 is 2.42 bits per heavy atom. The van der Waals surface area contributed by atoms with Crippen molar-refractivity contribution in [2.24, 2.45) is 11.7 Å². The zero-order valence-electron chi connectivity index (χ0n) is 6.40. The van der Waals surface area contributed by atoms with Crippen LogP contribution in [-0.4, -0.2) is 18.0 Å². The van der Waals surface area contributed by atoms with Crippen molar-refractivity contribution in [2.75, 3.05) is 0 Å². The lowest BCUT2D eigenvalue weighted by Gasteiger charge is -2.28. The first-order valence-electron chi connectivity index (χ1n) is 3.78. The molecule has 0 saturated heterocycles. The summed E-state index contributed by atoms with van der Waals surface area (Å²) in [5, 5.41) is 0. The Bertz CT molecular complexity index is 190. The summed E-state index contributed by atoms with van der Waals surface area (Å²) in [6, 6.07) is -1.33. The molecule has 2 N–H and O–H groups in total. The molecule has 0 aliphatic heterocycles. The van der Waals surface area contributed by atoms with Gasteiger partial charge < -0.3 is 5.73 Å². The largest absolute Gasteiger partial charge is 0.393 e. The van der Waals surface area contributed by atoms with Crippen molar-refractivity contribution >= 4 is 5.78 Å². The maximum Gasteiger partial charge on any atom is 0.393 e. The molecule has 12 heavy (non-hydrogen) atoms. The smallest absolute Gasteiger partial charge is 0.321 e. The number of carbonyl (C=O) groups excluding carboxylic acids is 1. The second kappa shape index (κ2) is 3.05. The van der Waals surface area contributed by atoms with Crippen LogP contribution in [0.5, 0.6) is 0 Å². The molecule has 1 saturated carbocycles. The van der Waals surface area contributed by atoms with Crippen molar-refractivity contribution in [3.63, 3.8) is 0 Å². The van der Waals surface area contributed by atoms with Gasteiger partial charge in [-0.2, -0.15) is 13.2 Å². The maximum atomic E-state index is 12.1. The van der Waals surface area contributed by atoms with Gasteiger partial charge in [0, 0.05) is 6.42 Å². The molecular weight excluding hydrogens is 171 g/mol. The summed E-state index contributed by atoms with van der Waals surface area (Å²) in [7, 11) is 0. The first-order chi connectivity index (χ1) is 5.43. The first kappa shape index (κ1) is 9.51. The van der Waals surface area contributed by atoms with Gasteiger partial charge in [0.15, 0.2) is 0 Å². The minimum atomic E-state index is -4.32. The molecule has 0 heterocycles. The van der Waals surface area contributed by atoms with Crippen molar-refractivity contribution < 1.29 is 18.0 Å². The number of halogens is 3. The standard InChI is InChI=1S/C7H10F3NO/c8-7(9,10)4-2-1-3-5(12)6(4)11/h4,6H,1-3,11H2. The van der Waals surface area contributed by atoms with Gasteiger partial charge in [-0.3, -0.25) is 4.79 Å². The highest BCUT2D eigenvalue weighted by molar-refractivity contribution is 5.84. The number of ketones is 1. The quantitative estimate of drug-likeness (QED) is 0.611. The Balaban J connectivity index is 2.70. The monoisotopic (exact) mass is 181 g/mol. The van der Waals surface area contributed by atoms with Crippen molar-refractivity contribution in [2.45, 2.75) is 31.5 Å². The molecule has 0 spiro atoms. The number of rotatable bonds is 0. The van der Waals surface area contributed by atoms with Crippen LogP contribution >= 0.6 is 0 Å². The Hall–Kier alpha value is -0.580. The fourth-order valence-electron chi connectivity index (χ4n) is 1.43. The van der Waals surface area contributed by atoms with Crippen molar-refractivity contribution in [1.29, 1.82) is 0 Å². The van der Waals surface area contributed by atoms with E-state index in [1.165, 1.54) is 0 Å². The number of nitrogens with two attached hydrogens (primary N) is 1. The van der Waals surface area contributed by atoms with Gasteiger partial charge in [0.25, 0.3) is 0 Å². The predicted molar refractivity (Wildman–Crippen MR) is 36.4 cm³/mol. The molecule has 2 atom stereocenters. The van der Waals surface area contributed by atoms with E-state index in [1.54, 1.807) is 0 Å². The third-order valence-corrected chi connectivity index (χ3v) is 2.16. The lowest BCUT2D eigenvalue weighted by molar-refractivity contribution is -0.187. The van der Waals surface area contributed by atoms with Crippen LogP contribution in [-0.2, 0) is 4.79 Å². The highest BCUT2D eigenvalue weighted by Gasteiger charge is 2.46. The summed E-state index contributed by atoms with van der Waals surface area (Å²) >= 11 is 0. The molecule has 70 valence electrons. The Labute approximate surface area is 67.9 Å². The third kappa shape index (κ3) is 1.77. The van der Waals surface area contributed by atoms with Gasteiger partial charge in [0.05, 0.1) is 12.0 Å². The summed E-state index contributed by atoms with van der Waals surface area (Å²) in [6.45, 7) is 0. The second-order valence-corrected chi connectivity index (χ2v) is 3.03. The molecule has 1 fully saturated rings. The third-order valence-electron chi connectivity index (χ3n) is 2.16. The van der Waals surface area contributed by atoms with E-state index in [-0.39, 0.29) is 12.8 Å². The van der Waals surface area contributed by atoms with E-state index in [4.69, 9.17) is 5.73 Å². The summed E-state index contributed by atoms with van der Waals surface area (Å²) in [4.78, 5) is 10.8. The molecule has 0 aromatic heterocycles. The molecule has 2 unspecified atom stereocenters. The molecular formula is C7H10F3NO. The number of hydrogen-bond acceptors (Lipinski definition) is 2. The maximum absolute atomic E-state index is 12.1. The molecule has 1 rings (SSSR count). The molecule has 0 aromatic rings. The van der Waals surface area contributed by atoms with E-state index < -0.39 is 23.9 Å². The van der Waals surface area contributed by atoms with Crippen LogP contribution in [0.25, 0.3) is 0 Å². The van der Waals surface area contributed by atoms with E-state index in [0.717, 1.165) is 0 Å². The SMILES string of the molecule is NC1C(=O)CCCC1C(F)(F)F. The van der Waals surface area contributed by atoms with Gasteiger partial charge in [0.2, 0.25) is 0 Å². The molecule has 0 aromatic carbocycles. The Morgan fingerprint density at radius 2 is 2.00 bits per heavy atom. The molecule has 5 heteroatoms. The highest BCUT2D eigenvalue weighted by Crippen LogP contribution is 2.35. The van der Waals surface area contributed by atoms with Gasteiger partial charge in [-0.05, 0) is 12.8 Å². The molecule has 1 aliphatic carbocycles. The van der Waals surface area contributed by atoms with Crippen molar-refractivity contribution in [1.82, 2.24) is 0 Å². The molecule has 0 amide bonds. The van der Waals surface area contributed by atoms with Crippen LogP contribution in [0.2, 0.25) is 0 Å². The summed E-state index contributed by atoms with van der Waals surface area (Å²) in [6.07, 6.45) is -3.85. The minimum absolute atomic E-state index is 0.0175. The lowest BCUT2D eigenvalue weighted by atomic mass is 9.84. The summed E-state index contributed by atoms with van der Waals surface area (Å²) in [5.74, 6) is -2.10. The number of Topliss-reactive ketones (excluding diaryl/α,β-unsaturated/α-hetero) is 1. The van der Waals surface area contributed by atoms with Crippen LogP contribution < -0.4 is 5.73 Å². The molecule has 0 radical (unpaired) electrons. The molecule has 0 bridgehead atoms. The number of carbonyl (C=O) groups is 1. The van der Waals surface area contributed by atoms with Crippen LogP contribution in [0.15, 0.2) is 0 Å². The van der Waals surface area contributed by atoms with Crippen LogP contribution in [0, 0.1) is 5.92 Å². The topological polar surface area (TPSA) is 43.1 Å². The lowest BCUT2D eigenvalue weighted by Crippen LogP contribution is -2.47. The molecule has 1 aliphatic rings. The van der Waals surface area contributed by atoms with Crippen LogP contribution in [0.3, 0.4) is 0 Å². The normalized spacial score (nSPS) is 32.2. The van der Waals surface area contributed by atoms with Gasteiger partial charge >= 0.3 is 6.18 Å². The van der Waals surface area contributed by atoms with Crippen molar-refractivity contribution in [3.05, 3.63) is 0 Å². The van der Waals surface area contributed by atoms with Crippen molar-refractivity contribution in [3.8, 4) is 0 Å². The van der Waals surface area contributed by atoms with E-state index in [0.29, 0.717) is 6.42 Å². The Morgan fingerprint density at radius 1 is 1.42 bits per heavy atom. The number of alkyl halides is 3. The average Bonchev–Trinajstić information content (AvgIpc) is 1.92. The highest BCUT2D eigenvalue weighted by atomic mass is 19.4. The van der Waals surface area contributed by atoms with Gasteiger partial charge in [0.1, 0.15) is 5.78 Å². The fourth-order valence-corrected chi connectivity index (χ4v) is 1.43. The number of hydrogen-bond donors (Lipinski definition) is 1. The average molecular weight is 181 g/mol. The van der Waals surface area contributed by atoms with Gasteiger partial charge in [-0.25, -0.2) is 0 Å². The van der Waals surface area contributed by atoms with Gasteiger partial charge in [-0.1, -0.05) is 0 Å². The first-order valence-corrected chi connectivity index (χ1v) is 3.78. The molecule has 2 nitrogen and oxygen atoms in total. The predicted octanol–water partition coefficient (Wildman–Crippen LogP) is 1.25. The summed E-state index contributed by atoms with van der Waals surface area (Å²) < 4.78 is 36.4. The van der Waals surface area contributed by atoms with Crippen LogP contribution in [0.1, 0.15) is 19.3 Å². The second-order valence-electron chi connectivity index (χ2n) is 3.03. The van der Waals surface area contributed by atoms with E-state index >= 15 is 0 Å². The summed E-state index contributed by atoms with van der Waals surface area (Å²) in [5.41, 5.74) is 5.14. The minimum Gasteiger partial charge on any atom is -0.321 e. The fraction of sp³-hybridized carbons (Fsp3) is 0.857. The van der Waals surface area contributed by atoms with E-state index in [1.807, 2.05) is 0 Å². The van der Waals surface area contributed by atoms with Gasteiger partial charge in [-0.15, -0.1) is 0 Å². The Kier molecular flexibility index (Phi) is 2.41.